The second-order valence-corrected chi connectivity index (χ2v) is 9.89. The maximum Gasteiger partial charge on any atom is 0.294 e. The van der Waals surface area contributed by atoms with Crippen LogP contribution in [-0.4, -0.2) is 39.2 Å². The molecule has 0 aliphatic carbocycles. The van der Waals surface area contributed by atoms with Crippen LogP contribution in [0.3, 0.4) is 0 Å². The predicted octanol–water partition coefficient (Wildman–Crippen LogP) is 3.38. The lowest BCUT2D eigenvalue weighted by Crippen LogP contribution is -2.15. The van der Waals surface area contributed by atoms with Gasteiger partial charge in [0.2, 0.25) is 0 Å². The molecule has 0 aliphatic heterocycles. The van der Waals surface area contributed by atoms with Crippen molar-refractivity contribution in [2.45, 2.75) is 55.4 Å². The molecular formula is C20H26O7S2. The van der Waals surface area contributed by atoms with E-state index in [0.717, 1.165) is 11.1 Å². The number of aryl methyl sites for hydroxylation is 4. The van der Waals surface area contributed by atoms with Gasteiger partial charge in [-0.1, -0.05) is 35.4 Å². The van der Waals surface area contributed by atoms with Gasteiger partial charge >= 0.3 is 0 Å². The Bertz CT molecular complexity index is 989. The maximum absolute atomic E-state index is 11.6. The first kappa shape index (κ1) is 23.5. The normalized spacial score (nSPS) is 12.5. The average molecular weight is 443 g/mol. The zero-order valence-corrected chi connectivity index (χ0v) is 18.3. The summed E-state index contributed by atoms with van der Waals surface area (Å²) >= 11 is 0. The first-order chi connectivity index (χ1) is 13.4. The van der Waals surface area contributed by atoms with Crippen molar-refractivity contribution in [3.63, 3.8) is 0 Å². The first-order valence-electron chi connectivity index (χ1n) is 9.08. The van der Waals surface area contributed by atoms with Gasteiger partial charge in [0.05, 0.1) is 15.9 Å². The van der Waals surface area contributed by atoms with Gasteiger partial charge < -0.3 is 4.74 Å². The number of ether oxygens (including phenoxy) is 1. The molecule has 0 bridgehead atoms. The van der Waals surface area contributed by atoms with Crippen molar-refractivity contribution < 1.29 is 30.7 Å². The summed E-state index contributed by atoms with van der Waals surface area (Å²) in [6.07, 6.45) is 1.44. The minimum atomic E-state index is -4.32. The van der Waals surface area contributed by atoms with E-state index in [9.17, 15) is 25.9 Å². The molecule has 0 amide bonds. The lowest BCUT2D eigenvalue weighted by molar-refractivity contribution is 0.0882. The maximum atomic E-state index is 11.6. The van der Waals surface area contributed by atoms with Crippen molar-refractivity contribution in [1.82, 2.24) is 0 Å². The molecule has 0 fully saturated rings. The fourth-order valence-electron chi connectivity index (χ4n) is 3.32. The van der Waals surface area contributed by atoms with E-state index >= 15 is 0 Å². The molecule has 29 heavy (non-hydrogen) atoms. The van der Waals surface area contributed by atoms with E-state index in [1.54, 1.807) is 24.3 Å². The van der Waals surface area contributed by atoms with Crippen LogP contribution in [0.25, 0.3) is 0 Å². The predicted molar refractivity (Wildman–Crippen MR) is 109 cm³/mol. The quantitative estimate of drug-likeness (QED) is 0.572. The Balaban J connectivity index is 2.14. The molecular weight excluding hydrogens is 416 g/mol. The van der Waals surface area contributed by atoms with Crippen molar-refractivity contribution in [3.8, 4) is 0 Å². The highest BCUT2D eigenvalue weighted by Gasteiger charge is 2.19. The highest BCUT2D eigenvalue weighted by Crippen LogP contribution is 2.23. The number of methoxy groups -OCH3 is 1. The van der Waals surface area contributed by atoms with E-state index in [2.05, 4.69) is 0 Å². The summed E-state index contributed by atoms with van der Waals surface area (Å²) in [5, 5.41) is 0. The van der Waals surface area contributed by atoms with Crippen molar-refractivity contribution in [2.24, 2.45) is 0 Å². The Kier molecular flexibility index (Phi) is 7.58. The van der Waals surface area contributed by atoms with Gasteiger partial charge in [0.1, 0.15) is 0 Å². The van der Waals surface area contributed by atoms with E-state index in [1.165, 1.54) is 19.2 Å². The summed E-state index contributed by atoms with van der Waals surface area (Å²) in [5.41, 5.74) is 2.75. The molecule has 2 rings (SSSR count). The van der Waals surface area contributed by atoms with Crippen LogP contribution in [0.1, 0.15) is 35.1 Å². The molecule has 0 heterocycles. The van der Waals surface area contributed by atoms with E-state index in [0.29, 0.717) is 36.8 Å². The van der Waals surface area contributed by atoms with Crippen LogP contribution in [-0.2, 0) is 37.8 Å². The summed E-state index contributed by atoms with van der Waals surface area (Å²) in [5.74, 6) is 0. The molecule has 2 N–H and O–H groups in total. The van der Waals surface area contributed by atoms with E-state index in [4.69, 9.17) is 4.74 Å². The molecule has 0 aliphatic rings. The molecule has 2 aromatic carbocycles. The van der Waals surface area contributed by atoms with E-state index in [-0.39, 0.29) is 15.9 Å². The number of rotatable bonds is 9. The number of hydrogen-bond donors (Lipinski definition) is 2. The topological polar surface area (TPSA) is 118 Å². The fourth-order valence-corrected chi connectivity index (χ4v) is 4.79. The number of benzene rings is 2. The SMILES string of the molecule is COC(CCc1cc(C)ccc1S(=O)(=O)O)CCc1cc(C)ccc1S(=O)(=O)O. The van der Waals surface area contributed by atoms with Gasteiger partial charge in [-0.2, -0.15) is 16.8 Å². The van der Waals surface area contributed by atoms with Gasteiger partial charge in [0.25, 0.3) is 20.2 Å². The highest BCUT2D eigenvalue weighted by molar-refractivity contribution is 7.86. The molecule has 7 nitrogen and oxygen atoms in total. The molecule has 0 saturated heterocycles. The van der Waals surface area contributed by atoms with Gasteiger partial charge in [-0.05, 0) is 62.8 Å². The summed E-state index contributed by atoms with van der Waals surface area (Å²) in [6, 6.07) is 9.43. The fraction of sp³-hybridized carbons (Fsp3) is 0.400. The molecule has 0 spiro atoms. The Morgan fingerprint density at radius 2 is 1.17 bits per heavy atom. The van der Waals surface area contributed by atoms with Crippen molar-refractivity contribution >= 4 is 20.2 Å². The Morgan fingerprint density at radius 1 is 0.793 bits per heavy atom. The van der Waals surface area contributed by atoms with Crippen LogP contribution in [0, 0.1) is 13.8 Å². The van der Waals surface area contributed by atoms with Crippen LogP contribution >= 0.6 is 0 Å². The third-order valence-electron chi connectivity index (χ3n) is 4.79. The largest absolute Gasteiger partial charge is 0.381 e. The molecule has 0 atom stereocenters. The lowest BCUT2D eigenvalue weighted by atomic mass is 9.99. The monoisotopic (exact) mass is 442 g/mol. The van der Waals surface area contributed by atoms with Gasteiger partial charge in [-0.15, -0.1) is 0 Å². The van der Waals surface area contributed by atoms with Gasteiger partial charge in [-0.3, -0.25) is 9.11 Å². The molecule has 160 valence electrons. The molecule has 0 unspecified atom stereocenters. The Morgan fingerprint density at radius 3 is 1.48 bits per heavy atom. The lowest BCUT2D eigenvalue weighted by Gasteiger charge is -2.17. The summed E-state index contributed by atoms with van der Waals surface area (Å²) in [7, 11) is -7.11. The Labute approximate surface area is 172 Å². The summed E-state index contributed by atoms with van der Waals surface area (Å²) in [6.45, 7) is 3.67. The highest BCUT2D eigenvalue weighted by atomic mass is 32.2. The third kappa shape index (κ3) is 6.61. The molecule has 0 saturated carbocycles. The van der Waals surface area contributed by atoms with Crippen LogP contribution in [0.4, 0.5) is 0 Å². The number of hydrogen-bond acceptors (Lipinski definition) is 5. The van der Waals surface area contributed by atoms with E-state index in [1.807, 2.05) is 13.8 Å². The van der Waals surface area contributed by atoms with E-state index < -0.39 is 20.2 Å². The van der Waals surface area contributed by atoms with Crippen LogP contribution in [0.2, 0.25) is 0 Å². The summed E-state index contributed by atoms with van der Waals surface area (Å²) in [4.78, 5) is -0.240. The van der Waals surface area contributed by atoms with Crippen LogP contribution < -0.4 is 0 Å². The average Bonchev–Trinajstić information content (AvgIpc) is 2.59. The molecule has 0 radical (unpaired) electrons. The second-order valence-electron chi connectivity index (χ2n) is 7.11. The smallest absolute Gasteiger partial charge is 0.294 e. The minimum absolute atomic E-state index is 0.120. The van der Waals surface area contributed by atoms with Crippen molar-refractivity contribution in [1.29, 1.82) is 0 Å². The first-order valence-corrected chi connectivity index (χ1v) is 12.0. The zero-order valence-electron chi connectivity index (χ0n) is 16.6. The standard InChI is InChI=1S/C20H26O7S2/c1-14-4-10-19(28(21,22)23)16(12-14)6-8-18(27-3)9-7-17-13-15(2)5-11-20(17)29(24,25)26/h4-5,10-13,18H,6-9H2,1-3H3,(H,21,22,23)(H,24,25,26). The zero-order chi connectivity index (χ0) is 21.8. The van der Waals surface area contributed by atoms with Crippen molar-refractivity contribution in [3.05, 3.63) is 58.7 Å². The minimum Gasteiger partial charge on any atom is -0.381 e. The molecule has 2 aromatic rings. The van der Waals surface area contributed by atoms with Crippen LogP contribution in [0.15, 0.2) is 46.2 Å². The second kappa shape index (κ2) is 9.36. The summed E-state index contributed by atoms with van der Waals surface area (Å²) < 4.78 is 70.7. The van der Waals surface area contributed by atoms with Crippen molar-refractivity contribution in [2.75, 3.05) is 7.11 Å². The van der Waals surface area contributed by atoms with Crippen LogP contribution in [0.5, 0.6) is 0 Å². The molecule has 0 aromatic heterocycles. The van der Waals surface area contributed by atoms with Gasteiger partial charge in [0.15, 0.2) is 0 Å². The van der Waals surface area contributed by atoms with Gasteiger partial charge in [-0.25, -0.2) is 0 Å². The third-order valence-corrected chi connectivity index (χ3v) is 6.70. The van der Waals surface area contributed by atoms with Gasteiger partial charge in [0, 0.05) is 7.11 Å². The Hall–Kier alpha value is -1.78. The molecule has 9 heteroatoms.